The van der Waals surface area contributed by atoms with E-state index in [9.17, 15) is 18.4 Å². The molecule has 0 aliphatic carbocycles. The Kier molecular flexibility index (Phi) is 6.47. The summed E-state index contributed by atoms with van der Waals surface area (Å²) in [4.78, 5) is 36.7. The highest BCUT2D eigenvalue weighted by atomic mass is 35.5. The molecule has 0 radical (unpaired) electrons. The summed E-state index contributed by atoms with van der Waals surface area (Å²) < 4.78 is 27.9. The van der Waals surface area contributed by atoms with Crippen LogP contribution in [0.3, 0.4) is 0 Å². The summed E-state index contributed by atoms with van der Waals surface area (Å²) in [5, 5.41) is 4.80. The van der Waals surface area contributed by atoms with E-state index in [4.69, 9.17) is 11.6 Å². The largest absolute Gasteiger partial charge is 0.355 e. The Morgan fingerprint density at radius 2 is 1.64 bits per heavy atom. The van der Waals surface area contributed by atoms with E-state index in [-0.39, 0.29) is 22.0 Å². The number of halogens is 3. The van der Waals surface area contributed by atoms with Crippen molar-refractivity contribution in [3.05, 3.63) is 88.6 Å². The molecule has 1 aliphatic rings. The van der Waals surface area contributed by atoms with E-state index in [1.165, 1.54) is 18.2 Å². The molecule has 4 aromatic rings. The number of hydrogen-bond donors (Lipinski definition) is 2. The Hall–Kier alpha value is -4.11. The standard InChI is InChI=1S/C26H20ClF2N5O2/c27-20-5-4-18(13-21(20)29)31-26(36)32-19-10-16(9-17(28)12-19)25(35)15-3-6-22-23(11-15)33-24(14-30-22)34-7-1-2-8-34/h3-6,9-14H,1-2,7-8H2,(H2,31,32,36). The van der Waals surface area contributed by atoms with Gasteiger partial charge in [-0.2, -0.15) is 0 Å². The summed E-state index contributed by atoms with van der Waals surface area (Å²) >= 11 is 5.65. The summed E-state index contributed by atoms with van der Waals surface area (Å²) in [7, 11) is 0. The molecule has 0 saturated carbocycles. The second kappa shape index (κ2) is 9.87. The van der Waals surface area contributed by atoms with Gasteiger partial charge in [0.25, 0.3) is 0 Å². The van der Waals surface area contributed by atoms with Crippen LogP contribution in [0, 0.1) is 11.6 Å². The lowest BCUT2D eigenvalue weighted by molar-refractivity contribution is 0.103. The highest BCUT2D eigenvalue weighted by Gasteiger charge is 2.17. The number of benzene rings is 3. The zero-order valence-electron chi connectivity index (χ0n) is 18.9. The molecule has 36 heavy (non-hydrogen) atoms. The Labute approximate surface area is 210 Å². The van der Waals surface area contributed by atoms with Crippen LogP contribution in [-0.4, -0.2) is 34.9 Å². The lowest BCUT2D eigenvalue weighted by Crippen LogP contribution is -2.20. The van der Waals surface area contributed by atoms with E-state index in [1.54, 1.807) is 24.4 Å². The lowest BCUT2D eigenvalue weighted by Gasteiger charge is -2.16. The summed E-state index contributed by atoms with van der Waals surface area (Å²) in [6.07, 6.45) is 3.93. The van der Waals surface area contributed by atoms with Gasteiger partial charge in [0.1, 0.15) is 17.5 Å². The van der Waals surface area contributed by atoms with Crippen LogP contribution >= 0.6 is 11.6 Å². The van der Waals surface area contributed by atoms with Crippen LogP contribution in [0.5, 0.6) is 0 Å². The number of ketones is 1. The normalized spacial score (nSPS) is 13.1. The summed E-state index contributed by atoms with van der Waals surface area (Å²) in [6, 6.07) is 11.5. The molecule has 1 aromatic heterocycles. The third-order valence-electron chi connectivity index (χ3n) is 5.82. The minimum absolute atomic E-state index is 0.0471. The summed E-state index contributed by atoms with van der Waals surface area (Å²) in [6.45, 7) is 1.83. The maximum atomic E-state index is 14.3. The average molecular weight is 508 g/mol. The van der Waals surface area contributed by atoms with Gasteiger partial charge in [-0.15, -0.1) is 0 Å². The molecular formula is C26H20ClF2N5O2. The van der Waals surface area contributed by atoms with Crippen molar-refractivity contribution in [3.8, 4) is 0 Å². The number of amides is 2. The Morgan fingerprint density at radius 3 is 2.42 bits per heavy atom. The Morgan fingerprint density at radius 1 is 0.861 bits per heavy atom. The zero-order chi connectivity index (χ0) is 25.2. The molecule has 0 unspecified atom stereocenters. The molecule has 2 heterocycles. The fraction of sp³-hybridized carbons (Fsp3) is 0.154. The van der Waals surface area contributed by atoms with Crippen LogP contribution < -0.4 is 15.5 Å². The van der Waals surface area contributed by atoms with E-state index >= 15 is 0 Å². The predicted octanol–water partition coefficient (Wildman–Crippen LogP) is 6.04. The molecule has 1 aliphatic heterocycles. The number of nitrogens with one attached hydrogen (secondary N) is 2. The van der Waals surface area contributed by atoms with Crippen LogP contribution in [-0.2, 0) is 0 Å². The topological polar surface area (TPSA) is 87.2 Å². The van der Waals surface area contributed by atoms with Gasteiger partial charge in [-0.25, -0.2) is 18.6 Å². The van der Waals surface area contributed by atoms with Crippen molar-refractivity contribution < 1.29 is 18.4 Å². The number of anilines is 3. The smallest absolute Gasteiger partial charge is 0.323 e. The number of fused-ring (bicyclic) bond motifs is 1. The summed E-state index contributed by atoms with van der Waals surface area (Å²) in [5.41, 5.74) is 1.79. The number of hydrogen-bond acceptors (Lipinski definition) is 5. The van der Waals surface area contributed by atoms with E-state index in [0.29, 0.717) is 16.6 Å². The molecule has 182 valence electrons. The second-order valence-electron chi connectivity index (χ2n) is 8.39. The number of carbonyl (C=O) groups excluding carboxylic acids is 2. The van der Waals surface area contributed by atoms with Crippen molar-refractivity contribution in [2.75, 3.05) is 28.6 Å². The molecule has 1 fully saturated rings. The van der Waals surface area contributed by atoms with Crippen LogP contribution in [0.4, 0.5) is 30.8 Å². The third kappa shape index (κ3) is 5.11. The monoisotopic (exact) mass is 507 g/mol. The van der Waals surface area contributed by atoms with Gasteiger partial charge in [-0.3, -0.25) is 9.78 Å². The van der Waals surface area contributed by atoms with Gasteiger partial charge < -0.3 is 15.5 Å². The SMILES string of the molecule is O=C(Nc1cc(F)cc(C(=O)c2ccc3ncc(N4CCCC4)nc3c2)c1)Nc1ccc(Cl)c(F)c1. The van der Waals surface area contributed by atoms with Crippen molar-refractivity contribution >= 4 is 51.6 Å². The maximum Gasteiger partial charge on any atom is 0.323 e. The highest BCUT2D eigenvalue weighted by Crippen LogP contribution is 2.23. The summed E-state index contributed by atoms with van der Waals surface area (Å²) in [5.74, 6) is -1.08. The molecular weight excluding hydrogens is 488 g/mol. The fourth-order valence-corrected chi connectivity index (χ4v) is 4.19. The molecule has 2 N–H and O–H groups in total. The lowest BCUT2D eigenvalue weighted by atomic mass is 10.0. The number of urea groups is 1. The van der Waals surface area contributed by atoms with Gasteiger partial charge in [0.2, 0.25) is 0 Å². The minimum Gasteiger partial charge on any atom is -0.355 e. The molecule has 3 aromatic carbocycles. The maximum absolute atomic E-state index is 14.3. The van der Waals surface area contributed by atoms with Crippen LogP contribution in [0.15, 0.2) is 60.8 Å². The van der Waals surface area contributed by atoms with E-state index in [0.717, 1.165) is 49.9 Å². The van der Waals surface area contributed by atoms with Gasteiger partial charge in [0.15, 0.2) is 5.78 Å². The first-order chi connectivity index (χ1) is 17.4. The van der Waals surface area contributed by atoms with Crippen LogP contribution in [0.25, 0.3) is 11.0 Å². The fourth-order valence-electron chi connectivity index (χ4n) is 4.07. The molecule has 1 saturated heterocycles. The van der Waals surface area contributed by atoms with Crippen LogP contribution in [0.2, 0.25) is 5.02 Å². The van der Waals surface area contributed by atoms with Gasteiger partial charge >= 0.3 is 6.03 Å². The molecule has 0 atom stereocenters. The number of rotatable bonds is 5. The van der Waals surface area contributed by atoms with E-state index < -0.39 is 23.4 Å². The Bertz CT molecular complexity index is 1490. The van der Waals surface area contributed by atoms with Gasteiger partial charge in [-0.1, -0.05) is 11.6 Å². The molecule has 5 rings (SSSR count). The third-order valence-corrected chi connectivity index (χ3v) is 6.12. The van der Waals surface area contributed by atoms with Gasteiger partial charge in [0, 0.05) is 35.6 Å². The van der Waals surface area contributed by atoms with Gasteiger partial charge in [-0.05, 0) is 67.4 Å². The van der Waals surface area contributed by atoms with Crippen molar-refractivity contribution in [2.45, 2.75) is 12.8 Å². The zero-order valence-corrected chi connectivity index (χ0v) is 19.6. The van der Waals surface area contributed by atoms with E-state index in [2.05, 4.69) is 25.5 Å². The predicted molar refractivity (Wildman–Crippen MR) is 135 cm³/mol. The van der Waals surface area contributed by atoms with Crippen molar-refractivity contribution in [2.24, 2.45) is 0 Å². The first kappa shape index (κ1) is 23.6. The second-order valence-corrected chi connectivity index (χ2v) is 8.80. The Balaban J connectivity index is 1.36. The van der Waals surface area contributed by atoms with Crippen LogP contribution in [0.1, 0.15) is 28.8 Å². The number of nitrogens with zero attached hydrogens (tertiary/aromatic N) is 3. The van der Waals surface area contributed by atoms with Crippen molar-refractivity contribution in [1.82, 2.24) is 9.97 Å². The van der Waals surface area contributed by atoms with E-state index in [1.807, 2.05) is 0 Å². The molecule has 2 amide bonds. The first-order valence-electron chi connectivity index (χ1n) is 11.3. The minimum atomic E-state index is -0.740. The molecule has 0 bridgehead atoms. The number of carbonyl (C=O) groups is 2. The number of aromatic nitrogens is 2. The molecule has 0 spiro atoms. The first-order valence-corrected chi connectivity index (χ1v) is 11.6. The molecule has 10 heteroatoms. The molecule has 7 nitrogen and oxygen atoms in total. The highest BCUT2D eigenvalue weighted by molar-refractivity contribution is 6.30. The van der Waals surface area contributed by atoms with Crippen molar-refractivity contribution in [1.29, 1.82) is 0 Å². The average Bonchev–Trinajstić information content (AvgIpc) is 3.40. The quantitative estimate of drug-likeness (QED) is 0.322. The van der Waals surface area contributed by atoms with Crippen molar-refractivity contribution in [3.63, 3.8) is 0 Å². The van der Waals surface area contributed by atoms with Gasteiger partial charge in [0.05, 0.1) is 22.3 Å².